The van der Waals surface area contributed by atoms with E-state index in [0.29, 0.717) is 30.3 Å². The van der Waals surface area contributed by atoms with Gasteiger partial charge in [-0.1, -0.05) is 6.92 Å². The Morgan fingerprint density at radius 2 is 2.03 bits per heavy atom. The number of ether oxygens (including phenoxy) is 1. The van der Waals surface area contributed by atoms with Crippen molar-refractivity contribution in [2.24, 2.45) is 0 Å². The van der Waals surface area contributed by atoms with Crippen molar-refractivity contribution >= 4 is 16.9 Å². The minimum atomic E-state index is -0.628. The molecular formula is C24H27N3O4. The lowest BCUT2D eigenvalue weighted by atomic mass is 9.93. The third kappa shape index (κ3) is 4.60. The number of carbonyl (C=O) groups excluding carboxylic acids is 1. The van der Waals surface area contributed by atoms with Crippen LogP contribution in [0.1, 0.15) is 49.7 Å². The molecule has 1 unspecified atom stereocenters. The second kappa shape index (κ2) is 8.88. The molecule has 7 nitrogen and oxygen atoms in total. The summed E-state index contributed by atoms with van der Waals surface area (Å²) in [7, 11) is 0. The quantitative estimate of drug-likeness (QED) is 0.585. The maximum Gasteiger partial charge on any atom is 0.336 e. The van der Waals surface area contributed by atoms with E-state index < -0.39 is 6.10 Å². The fraction of sp³-hybridized carbons (Fsp3) is 0.417. The van der Waals surface area contributed by atoms with Crippen molar-refractivity contribution < 1.29 is 13.9 Å². The minimum absolute atomic E-state index is 0.0406. The van der Waals surface area contributed by atoms with Gasteiger partial charge in [-0.3, -0.25) is 4.79 Å². The molecular weight excluding hydrogens is 394 g/mol. The molecule has 1 aliphatic heterocycles. The van der Waals surface area contributed by atoms with E-state index in [4.69, 9.17) is 9.15 Å². The number of piperidine rings is 1. The van der Waals surface area contributed by atoms with Crippen molar-refractivity contribution in [1.29, 1.82) is 0 Å². The molecule has 0 spiro atoms. The number of fused-ring (bicyclic) bond motifs is 1. The number of carbonyl (C=O) groups is 1. The fourth-order valence-corrected chi connectivity index (χ4v) is 4.19. The summed E-state index contributed by atoms with van der Waals surface area (Å²) >= 11 is 0. The highest BCUT2D eigenvalue weighted by Crippen LogP contribution is 2.28. The van der Waals surface area contributed by atoms with Gasteiger partial charge in [-0.15, -0.1) is 0 Å². The lowest BCUT2D eigenvalue weighted by molar-refractivity contribution is -0.139. The zero-order chi connectivity index (χ0) is 22.0. The maximum atomic E-state index is 12.9. The fourth-order valence-electron chi connectivity index (χ4n) is 4.19. The summed E-state index contributed by atoms with van der Waals surface area (Å²) in [6.07, 6.45) is 3.64. The number of benzene rings is 1. The van der Waals surface area contributed by atoms with Crippen molar-refractivity contribution in [1.82, 2.24) is 14.9 Å². The number of aryl methyl sites for hydroxylation is 2. The third-order valence-electron chi connectivity index (χ3n) is 5.87. The van der Waals surface area contributed by atoms with Crippen LogP contribution in [-0.2, 0) is 11.2 Å². The van der Waals surface area contributed by atoms with E-state index in [1.807, 2.05) is 36.9 Å². The molecule has 1 aromatic carbocycles. The Labute approximate surface area is 181 Å². The van der Waals surface area contributed by atoms with Crippen molar-refractivity contribution in [3.05, 3.63) is 64.0 Å². The van der Waals surface area contributed by atoms with Crippen LogP contribution in [0, 0.1) is 6.92 Å². The molecule has 162 valence electrons. The SMILES string of the molecule is CCc1cc(=O)oc2cc(OC(C)C(=O)N3CCC(c4ccnc(C)n4)CC3)ccc12. The lowest BCUT2D eigenvalue weighted by Crippen LogP contribution is -2.44. The molecule has 0 N–H and O–H groups in total. The van der Waals surface area contributed by atoms with E-state index in [-0.39, 0.29) is 11.5 Å². The Hall–Kier alpha value is -3.22. The molecule has 1 amide bonds. The van der Waals surface area contributed by atoms with Crippen LogP contribution in [0.2, 0.25) is 0 Å². The molecule has 4 rings (SSSR count). The van der Waals surface area contributed by atoms with Gasteiger partial charge in [-0.2, -0.15) is 0 Å². The molecule has 7 heteroatoms. The van der Waals surface area contributed by atoms with Crippen LogP contribution in [-0.4, -0.2) is 40.0 Å². The van der Waals surface area contributed by atoms with Gasteiger partial charge in [0.25, 0.3) is 5.91 Å². The van der Waals surface area contributed by atoms with Gasteiger partial charge >= 0.3 is 5.63 Å². The minimum Gasteiger partial charge on any atom is -0.481 e. The highest BCUT2D eigenvalue weighted by Gasteiger charge is 2.28. The molecule has 31 heavy (non-hydrogen) atoms. The summed E-state index contributed by atoms with van der Waals surface area (Å²) in [4.78, 5) is 35.2. The number of aromatic nitrogens is 2. The second-order valence-electron chi connectivity index (χ2n) is 7.99. The average molecular weight is 421 g/mol. The molecule has 0 saturated carbocycles. The first kappa shape index (κ1) is 21.0. The van der Waals surface area contributed by atoms with Crippen LogP contribution in [0.5, 0.6) is 5.75 Å². The molecule has 1 fully saturated rings. The van der Waals surface area contributed by atoms with Gasteiger partial charge in [0, 0.05) is 48.4 Å². The Morgan fingerprint density at radius 1 is 1.26 bits per heavy atom. The number of hydrogen-bond acceptors (Lipinski definition) is 6. The second-order valence-corrected chi connectivity index (χ2v) is 7.99. The van der Waals surface area contributed by atoms with Crippen molar-refractivity contribution in [2.45, 2.75) is 52.1 Å². The van der Waals surface area contributed by atoms with Gasteiger partial charge in [0.1, 0.15) is 17.2 Å². The number of nitrogens with zero attached hydrogens (tertiary/aromatic N) is 3. The molecule has 0 radical (unpaired) electrons. The smallest absolute Gasteiger partial charge is 0.336 e. The van der Waals surface area contributed by atoms with Gasteiger partial charge in [-0.25, -0.2) is 14.8 Å². The number of amides is 1. The van der Waals surface area contributed by atoms with E-state index in [9.17, 15) is 9.59 Å². The van der Waals surface area contributed by atoms with Gasteiger partial charge in [0.15, 0.2) is 6.10 Å². The Morgan fingerprint density at radius 3 is 2.74 bits per heavy atom. The van der Waals surface area contributed by atoms with Crippen molar-refractivity contribution in [3.63, 3.8) is 0 Å². The van der Waals surface area contributed by atoms with Crippen LogP contribution >= 0.6 is 0 Å². The van der Waals surface area contributed by atoms with E-state index in [0.717, 1.165) is 41.7 Å². The molecule has 1 aliphatic rings. The van der Waals surface area contributed by atoms with Crippen LogP contribution in [0.3, 0.4) is 0 Å². The van der Waals surface area contributed by atoms with E-state index in [2.05, 4.69) is 9.97 Å². The van der Waals surface area contributed by atoms with E-state index >= 15 is 0 Å². The van der Waals surface area contributed by atoms with Gasteiger partial charge in [0.05, 0.1) is 0 Å². The average Bonchev–Trinajstić information content (AvgIpc) is 2.77. The molecule has 2 aromatic heterocycles. The van der Waals surface area contributed by atoms with E-state index in [1.165, 1.54) is 6.07 Å². The van der Waals surface area contributed by atoms with E-state index in [1.54, 1.807) is 19.2 Å². The standard InChI is InChI=1S/C24H27N3O4/c1-4-17-13-23(28)31-22-14-19(5-6-20(17)22)30-15(2)24(29)27-11-8-18(9-12-27)21-7-10-25-16(3)26-21/h5-7,10,13-15,18H,4,8-9,11-12H2,1-3H3. The predicted octanol–water partition coefficient (Wildman–Crippen LogP) is 3.63. The van der Waals surface area contributed by atoms with Crippen LogP contribution in [0.25, 0.3) is 11.0 Å². The van der Waals surface area contributed by atoms with Gasteiger partial charge in [0.2, 0.25) is 0 Å². The first-order valence-corrected chi connectivity index (χ1v) is 10.8. The Bertz CT molecular complexity index is 1150. The normalized spacial score (nSPS) is 15.8. The monoisotopic (exact) mass is 421 g/mol. The van der Waals surface area contributed by atoms with Crippen molar-refractivity contribution in [3.8, 4) is 5.75 Å². The molecule has 0 aliphatic carbocycles. The van der Waals surface area contributed by atoms with Crippen LogP contribution in [0.15, 0.2) is 45.7 Å². The number of hydrogen-bond donors (Lipinski definition) is 0. The molecule has 1 atom stereocenters. The summed E-state index contributed by atoms with van der Waals surface area (Å²) < 4.78 is 11.2. The highest BCUT2D eigenvalue weighted by atomic mass is 16.5. The molecule has 3 heterocycles. The highest BCUT2D eigenvalue weighted by molar-refractivity contribution is 5.83. The molecule has 1 saturated heterocycles. The van der Waals surface area contributed by atoms with Gasteiger partial charge in [-0.05, 0) is 56.9 Å². The van der Waals surface area contributed by atoms with Gasteiger partial charge < -0.3 is 14.1 Å². The number of likely N-dealkylation sites (tertiary alicyclic amines) is 1. The summed E-state index contributed by atoms with van der Waals surface area (Å²) in [5.74, 6) is 1.59. The first-order valence-electron chi connectivity index (χ1n) is 10.8. The Balaban J connectivity index is 1.40. The largest absolute Gasteiger partial charge is 0.481 e. The van der Waals surface area contributed by atoms with Crippen LogP contribution < -0.4 is 10.4 Å². The zero-order valence-corrected chi connectivity index (χ0v) is 18.1. The maximum absolute atomic E-state index is 12.9. The van der Waals surface area contributed by atoms with Crippen LogP contribution in [0.4, 0.5) is 0 Å². The summed E-state index contributed by atoms with van der Waals surface area (Å²) in [6, 6.07) is 8.85. The summed E-state index contributed by atoms with van der Waals surface area (Å²) in [5.41, 5.74) is 2.08. The Kier molecular flexibility index (Phi) is 6.02. The first-order chi connectivity index (χ1) is 14.9. The van der Waals surface area contributed by atoms with Crippen molar-refractivity contribution in [2.75, 3.05) is 13.1 Å². The molecule has 0 bridgehead atoms. The lowest BCUT2D eigenvalue weighted by Gasteiger charge is -2.33. The number of rotatable bonds is 5. The third-order valence-corrected chi connectivity index (χ3v) is 5.87. The predicted molar refractivity (Wildman–Crippen MR) is 117 cm³/mol. The summed E-state index contributed by atoms with van der Waals surface area (Å²) in [5, 5.41) is 0.885. The zero-order valence-electron chi connectivity index (χ0n) is 18.1. The molecule has 3 aromatic rings. The summed E-state index contributed by atoms with van der Waals surface area (Å²) in [6.45, 7) is 6.99. The topological polar surface area (TPSA) is 85.5 Å².